The van der Waals surface area contributed by atoms with E-state index in [0.29, 0.717) is 29.2 Å². The molecule has 0 aliphatic carbocycles. The number of halogens is 1. The molecule has 0 atom stereocenters. The average molecular weight is 500 g/mol. The second-order valence-electron chi connectivity index (χ2n) is 7.45. The first-order valence-electron chi connectivity index (χ1n) is 10.1. The highest BCUT2D eigenvalue weighted by atomic mass is 79.9. The molecule has 32 heavy (non-hydrogen) atoms. The quantitative estimate of drug-likeness (QED) is 0.439. The Morgan fingerprint density at radius 3 is 2.59 bits per heavy atom. The second kappa shape index (κ2) is 8.62. The van der Waals surface area contributed by atoms with Crippen molar-refractivity contribution in [2.24, 2.45) is 0 Å². The Balaban J connectivity index is 1.81. The van der Waals surface area contributed by atoms with Crippen LogP contribution in [0.4, 0.5) is 5.69 Å². The van der Waals surface area contributed by atoms with Crippen molar-refractivity contribution in [3.63, 3.8) is 0 Å². The molecule has 0 bridgehead atoms. The molecule has 0 aliphatic heterocycles. The van der Waals surface area contributed by atoms with E-state index in [0.717, 1.165) is 14.6 Å². The summed E-state index contributed by atoms with van der Waals surface area (Å²) in [5, 5.41) is 7.22. The van der Waals surface area contributed by atoms with Gasteiger partial charge in [-0.15, -0.1) is 0 Å². The van der Waals surface area contributed by atoms with Gasteiger partial charge in [0, 0.05) is 16.7 Å². The smallest absolute Gasteiger partial charge is 0.332 e. The van der Waals surface area contributed by atoms with Crippen LogP contribution in [0.2, 0.25) is 0 Å². The third kappa shape index (κ3) is 3.93. The molecule has 4 rings (SSSR count). The Kier molecular flexibility index (Phi) is 5.88. The molecule has 3 aromatic heterocycles. The molecule has 0 unspecified atom stereocenters. The number of benzene rings is 1. The van der Waals surface area contributed by atoms with E-state index in [1.165, 1.54) is 10.8 Å². The lowest BCUT2D eigenvalue weighted by molar-refractivity contribution is -0.116. The van der Waals surface area contributed by atoms with Gasteiger partial charge in [0.05, 0.1) is 18.5 Å². The number of nitrogens with one attached hydrogen (secondary N) is 1. The van der Waals surface area contributed by atoms with E-state index in [1.807, 2.05) is 26.0 Å². The van der Waals surface area contributed by atoms with Crippen LogP contribution in [0.15, 0.2) is 55.1 Å². The molecule has 9 nitrogen and oxygen atoms in total. The molecule has 10 heteroatoms. The molecule has 1 aromatic carbocycles. The Bertz CT molecular complexity index is 1430. The molecule has 4 aromatic rings. The van der Waals surface area contributed by atoms with Crippen LogP contribution in [-0.4, -0.2) is 24.8 Å². The van der Waals surface area contributed by atoms with E-state index in [4.69, 9.17) is 4.42 Å². The zero-order chi connectivity index (χ0) is 23.0. The topological polar surface area (TPSA) is 104 Å². The number of aryl methyl sites for hydroxylation is 3. The number of hydrogen-bond acceptors (Lipinski definition) is 5. The summed E-state index contributed by atoms with van der Waals surface area (Å²) in [5.41, 5.74) is 1.67. The van der Waals surface area contributed by atoms with E-state index in [1.54, 1.807) is 29.8 Å². The lowest BCUT2D eigenvalue weighted by Crippen LogP contribution is -2.42. The van der Waals surface area contributed by atoms with E-state index in [9.17, 15) is 14.4 Å². The number of nitrogens with zero attached hydrogens (tertiary/aromatic N) is 4. The van der Waals surface area contributed by atoms with Crippen LogP contribution in [0, 0.1) is 13.8 Å². The predicted octanol–water partition coefficient (Wildman–Crippen LogP) is 3.04. The van der Waals surface area contributed by atoms with Gasteiger partial charge in [-0.2, -0.15) is 5.10 Å². The molecule has 0 fully saturated rings. The molecule has 1 N–H and O–H groups in total. The predicted molar refractivity (Wildman–Crippen MR) is 124 cm³/mol. The van der Waals surface area contributed by atoms with E-state index < -0.39 is 11.2 Å². The molecule has 0 spiro atoms. The minimum atomic E-state index is -0.597. The van der Waals surface area contributed by atoms with Crippen molar-refractivity contribution in [1.82, 2.24) is 18.9 Å². The number of rotatable bonds is 6. The molecule has 166 valence electrons. The van der Waals surface area contributed by atoms with E-state index in [-0.39, 0.29) is 24.5 Å². The number of furan rings is 1. The summed E-state index contributed by atoms with van der Waals surface area (Å²) < 4.78 is 10.2. The maximum atomic E-state index is 13.3. The molecular weight excluding hydrogens is 478 g/mol. The summed E-state index contributed by atoms with van der Waals surface area (Å²) >= 11 is 3.43. The van der Waals surface area contributed by atoms with Gasteiger partial charge in [0.25, 0.3) is 5.56 Å². The summed E-state index contributed by atoms with van der Waals surface area (Å²) in [4.78, 5) is 39.4. The van der Waals surface area contributed by atoms with Crippen molar-refractivity contribution < 1.29 is 9.21 Å². The standard InChI is InChI=1S/C22H22BrN5O4/c1-4-28-20-19(14(3)25-28)26(12-18(29)24-15-7-8-17(23)13(2)10-15)22(31)27(21(20)30)11-16-6-5-9-32-16/h5-10H,4,11-12H2,1-3H3,(H,24,29). The highest BCUT2D eigenvalue weighted by molar-refractivity contribution is 9.10. The minimum Gasteiger partial charge on any atom is -0.467 e. The lowest BCUT2D eigenvalue weighted by Gasteiger charge is -2.13. The zero-order valence-electron chi connectivity index (χ0n) is 17.9. The number of amides is 1. The van der Waals surface area contributed by atoms with Crippen molar-refractivity contribution in [3.8, 4) is 0 Å². The van der Waals surface area contributed by atoms with Crippen LogP contribution in [0.5, 0.6) is 0 Å². The second-order valence-corrected chi connectivity index (χ2v) is 8.30. The maximum Gasteiger partial charge on any atom is 0.332 e. The summed E-state index contributed by atoms with van der Waals surface area (Å²) in [6, 6.07) is 8.81. The Morgan fingerprint density at radius 2 is 1.94 bits per heavy atom. The van der Waals surface area contributed by atoms with Gasteiger partial charge in [-0.25, -0.2) is 4.79 Å². The largest absolute Gasteiger partial charge is 0.467 e. The van der Waals surface area contributed by atoms with Crippen LogP contribution in [0.25, 0.3) is 11.0 Å². The molecule has 0 radical (unpaired) electrons. The first-order chi connectivity index (χ1) is 15.3. The van der Waals surface area contributed by atoms with E-state index >= 15 is 0 Å². The first kappa shape index (κ1) is 21.8. The molecule has 3 heterocycles. The third-order valence-corrected chi connectivity index (χ3v) is 6.10. The van der Waals surface area contributed by atoms with Crippen LogP contribution in [0.1, 0.15) is 23.9 Å². The van der Waals surface area contributed by atoms with Gasteiger partial charge in [0.1, 0.15) is 17.8 Å². The van der Waals surface area contributed by atoms with Crippen molar-refractivity contribution in [3.05, 3.63) is 78.9 Å². The highest BCUT2D eigenvalue weighted by Crippen LogP contribution is 2.20. The Hall–Kier alpha value is -3.40. The van der Waals surface area contributed by atoms with Gasteiger partial charge in [0.2, 0.25) is 5.91 Å². The van der Waals surface area contributed by atoms with Crippen LogP contribution < -0.4 is 16.6 Å². The number of anilines is 1. The van der Waals surface area contributed by atoms with Crippen molar-refractivity contribution in [1.29, 1.82) is 0 Å². The first-order valence-corrected chi connectivity index (χ1v) is 10.9. The molecule has 0 aliphatic rings. The summed E-state index contributed by atoms with van der Waals surface area (Å²) in [7, 11) is 0. The SMILES string of the molecule is CCn1nc(C)c2c1c(=O)n(Cc1ccco1)c(=O)n2CC(=O)Nc1ccc(Br)c(C)c1. The van der Waals surface area contributed by atoms with Crippen LogP contribution in [0.3, 0.4) is 0 Å². The number of hydrogen-bond donors (Lipinski definition) is 1. The fourth-order valence-electron chi connectivity index (χ4n) is 3.70. The summed E-state index contributed by atoms with van der Waals surface area (Å²) in [6.45, 7) is 5.64. The fraction of sp³-hybridized carbons (Fsp3) is 0.273. The fourth-order valence-corrected chi connectivity index (χ4v) is 3.95. The summed E-state index contributed by atoms with van der Waals surface area (Å²) in [5.74, 6) is 0.0751. The molecular formula is C22H22BrN5O4. The normalized spacial score (nSPS) is 11.2. The van der Waals surface area contributed by atoms with Crippen molar-refractivity contribution >= 4 is 38.6 Å². The number of carbonyl (C=O) groups excluding carboxylic acids is 1. The number of fused-ring (bicyclic) bond motifs is 1. The maximum absolute atomic E-state index is 13.3. The van der Waals surface area contributed by atoms with Gasteiger partial charge in [0.15, 0.2) is 5.52 Å². The highest BCUT2D eigenvalue weighted by Gasteiger charge is 2.22. The molecule has 0 saturated heterocycles. The minimum absolute atomic E-state index is 0.0396. The van der Waals surface area contributed by atoms with Gasteiger partial charge in [-0.3, -0.25) is 23.4 Å². The zero-order valence-corrected chi connectivity index (χ0v) is 19.5. The van der Waals surface area contributed by atoms with Crippen molar-refractivity contribution in [2.75, 3.05) is 5.32 Å². The van der Waals surface area contributed by atoms with Gasteiger partial charge < -0.3 is 9.73 Å². The molecule has 1 amide bonds. The lowest BCUT2D eigenvalue weighted by atomic mass is 10.2. The molecule has 0 saturated carbocycles. The van der Waals surface area contributed by atoms with Crippen LogP contribution in [-0.2, 0) is 24.4 Å². The Morgan fingerprint density at radius 1 is 1.16 bits per heavy atom. The number of carbonyl (C=O) groups is 1. The average Bonchev–Trinajstić information content (AvgIpc) is 3.38. The van der Waals surface area contributed by atoms with Crippen molar-refractivity contribution in [2.45, 2.75) is 40.4 Å². The monoisotopic (exact) mass is 499 g/mol. The van der Waals surface area contributed by atoms with Gasteiger partial charge in [-0.05, 0) is 56.7 Å². The van der Waals surface area contributed by atoms with Crippen LogP contribution >= 0.6 is 15.9 Å². The number of aromatic nitrogens is 4. The summed E-state index contributed by atoms with van der Waals surface area (Å²) in [6.07, 6.45) is 1.48. The van der Waals surface area contributed by atoms with Gasteiger partial charge >= 0.3 is 5.69 Å². The Labute approximate surface area is 191 Å². The van der Waals surface area contributed by atoms with Gasteiger partial charge in [-0.1, -0.05) is 15.9 Å². The van der Waals surface area contributed by atoms with E-state index in [2.05, 4.69) is 26.3 Å². The third-order valence-electron chi connectivity index (χ3n) is 5.21.